The van der Waals surface area contributed by atoms with Crippen molar-refractivity contribution < 1.29 is 14.7 Å². The predicted octanol–water partition coefficient (Wildman–Crippen LogP) is 3.05. The van der Waals surface area contributed by atoms with E-state index in [9.17, 15) is 10.2 Å². The van der Waals surface area contributed by atoms with Crippen LogP contribution in [0, 0.1) is 6.92 Å². The third kappa shape index (κ3) is 2.86. The molecule has 0 atom stereocenters. The maximum atomic E-state index is 9.49. The highest BCUT2D eigenvalue weighted by molar-refractivity contribution is 5.58. The molecule has 0 unspecified atom stereocenters. The molecule has 0 aliphatic heterocycles. The molecule has 21 heavy (non-hydrogen) atoms. The molecular formula is C16H14N2O3. The quantitative estimate of drug-likeness (QED) is 0.722. The first-order chi connectivity index (χ1) is 10.1. The fraction of sp³-hybridized carbons (Fsp3) is 0.125. The summed E-state index contributed by atoms with van der Waals surface area (Å²) in [5.41, 5.74) is 2.85. The fourth-order valence-electron chi connectivity index (χ4n) is 2.10. The van der Waals surface area contributed by atoms with Crippen LogP contribution in [-0.4, -0.2) is 20.4 Å². The zero-order valence-electron chi connectivity index (χ0n) is 11.4. The summed E-state index contributed by atoms with van der Waals surface area (Å²) >= 11 is 0. The molecule has 0 bridgehead atoms. The largest absolute Gasteiger partial charge is 0.504 e. The van der Waals surface area contributed by atoms with E-state index in [2.05, 4.69) is 16.2 Å². The smallest absolute Gasteiger partial charge is 0.258 e. The third-order valence-electron chi connectivity index (χ3n) is 3.14. The second-order valence-corrected chi connectivity index (χ2v) is 4.89. The Hall–Kier alpha value is -2.82. The first-order valence-electron chi connectivity index (χ1n) is 6.52. The summed E-state index contributed by atoms with van der Waals surface area (Å²) < 4.78 is 5.19. The Morgan fingerprint density at radius 1 is 1.05 bits per heavy atom. The van der Waals surface area contributed by atoms with Gasteiger partial charge in [0.25, 0.3) is 5.89 Å². The summed E-state index contributed by atoms with van der Waals surface area (Å²) in [4.78, 5) is 4.31. The van der Waals surface area contributed by atoms with Crippen molar-refractivity contribution in [2.45, 2.75) is 13.3 Å². The molecule has 106 valence electrons. The molecule has 3 rings (SSSR count). The first-order valence-corrected chi connectivity index (χ1v) is 6.52. The molecule has 0 amide bonds. The zero-order valence-corrected chi connectivity index (χ0v) is 11.4. The maximum Gasteiger partial charge on any atom is 0.258 e. The summed E-state index contributed by atoms with van der Waals surface area (Å²) in [6.45, 7) is 2.03. The normalized spacial score (nSPS) is 10.7. The minimum Gasteiger partial charge on any atom is -0.504 e. The van der Waals surface area contributed by atoms with E-state index in [4.69, 9.17) is 4.52 Å². The van der Waals surface area contributed by atoms with Crippen LogP contribution in [0.25, 0.3) is 11.5 Å². The first kappa shape index (κ1) is 13.2. The van der Waals surface area contributed by atoms with Gasteiger partial charge in [-0.1, -0.05) is 35.0 Å². The van der Waals surface area contributed by atoms with E-state index >= 15 is 0 Å². The van der Waals surface area contributed by atoms with Crippen LogP contribution in [0.15, 0.2) is 47.0 Å². The van der Waals surface area contributed by atoms with Gasteiger partial charge in [-0.15, -0.1) is 0 Å². The van der Waals surface area contributed by atoms with Gasteiger partial charge >= 0.3 is 0 Å². The Labute approximate surface area is 121 Å². The van der Waals surface area contributed by atoms with Gasteiger partial charge in [0, 0.05) is 12.0 Å². The van der Waals surface area contributed by atoms with Gasteiger partial charge in [0.2, 0.25) is 0 Å². The van der Waals surface area contributed by atoms with Crippen molar-refractivity contribution in [3.63, 3.8) is 0 Å². The van der Waals surface area contributed by atoms with E-state index < -0.39 is 0 Å². The number of hydrogen-bond donors (Lipinski definition) is 2. The van der Waals surface area contributed by atoms with Crippen molar-refractivity contribution in [1.29, 1.82) is 0 Å². The van der Waals surface area contributed by atoms with Crippen molar-refractivity contribution >= 4 is 0 Å². The molecule has 0 saturated carbocycles. The molecule has 2 aromatic carbocycles. The number of aromatic nitrogens is 2. The maximum absolute atomic E-state index is 9.49. The molecule has 0 fully saturated rings. The van der Waals surface area contributed by atoms with E-state index in [-0.39, 0.29) is 11.5 Å². The van der Waals surface area contributed by atoms with Gasteiger partial charge in [-0.25, -0.2) is 0 Å². The van der Waals surface area contributed by atoms with Crippen LogP contribution in [0.1, 0.15) is 17.0 Å². The molecule has 0 aliphatic rings. The molecular weight excluding hydrogens is 268 g/mol. The second-order valence-electron chi connectivity index (χ2n) is 4.89. The van der Waals surface area contributed by atoms with Crippen molar-refractivity contribution in [2.24, 2.45) is 0 Å². The van der Waals surface area contributed by atoms with Crippen molar-refractivity contribution in [3.05, 3.63) is 59.4 Å². The summed E-state index contributed by atoms with van der Waals surface area (Å²) in [6, 6.07) is 12.5. The number of aromatic hydroxyl groups is 2. The topological polar surface area (TPSA) is 79.4 Å². The molecule has 2 N–H and O–H groups in total. The van der Waals surface area contributed by atoms with Crippen LogP contribution in [-0.2, 0) is 6.42 Å². The van der Waals surface area contributed by atoms with Crippen LogP contribution >= 0.6 is 0 Å². The van der Waals surface area contributed by atoms with Crippen LogP contribution in [0.5, 0.6) is 11.5 Å². The molecule has 0 aliphatic carbocycles. The molecule has 3 aromatic rings. The van der Waals surface area contributed by atoms with Gasteiger partial charge in [-0.2, -0.15) is 4.98 Å². The zero-order chi connectivity index (χ0) is 14.8. The third-order valence-corrected chi connectivity index (χ3v) is 3.14. The fourth-order valence-corrected chi connectivity index (χ4v) is 2.10. The van der Waals surface area contributed by atoms with Crippen LogP contribution in [0.3, 0.4) is 0 Å². The lowest BCUT2D eigenvalue weighted by molar-refractivity contribution is 0.402. The highest BCUT2D eigenvalue weighted by atomic mass is 16.5. The second kappa shape index (κ2) is 5.28. The van der Waals surface area contributed by atoms with Gasteiger partial charge < -0.3 is 14.7 Å². The average molecular weight is 282 g/mol. The Kier molecular flexibility index (Phi) is 3.31. The highest BCUT2D eigenvalue weighted by Gasteiger charge is 2.11. The summed E-state index contributed by atoms with van der Waals surface area (Å²) in [5.74, 6) is 0.486. The minimum atomic E-state index is -0.217. The van der Waals surface area contributed by atoms with Crippen LogP contribution in [0.4, 0.5) is 0 Å². The van der Waals surface area contributed by atoms with Crippen molar-refractivity contribution in [2.75, 3.05) is 0 Å². The van der Waals surface area contributed by atoms with E-state index in [1.807, 2.05) is 25.1 Å². The Morgan fingerprint density at radius 2 is 1.90 bits per heavy atom. The van der Waals surface area contributed by atoms with Gasteiger partial charge in [0.1, 0.15) is 0 Å². The Bertz CT molecular complexity index is 781. The molecule has 1 heterocycles. The number of benzene rings is 2. The SMILES string of the molecule is Cc1cccc(Cc2noc(-c3ccc(O)c(O)c3)n2)c1. The standard InChI is InChI=1S/C16H14N2O3/c1-10-3-2-4-11(7-10)8-15-17-16(21-18-15)12-5-6-13(19)14(20)9-12/h2-7,9,19-20H,8H2,1H3. The number of phenolic OH excluding ortho intramolecular Hbond substituents is 2. The molecule has 0 saturated heterocycles. The van der Waals surface area contributed by atoms with Crippen molar-refractivity contribution in [3.8, 4) is 23.0 Å². The lowest BCUT2D eigenvalue weighted by Gasteiger charge is -1.99. The molecule has 5 heteroatoms. The van der Waals surface area contributed by atoms with Crippen LogP contribution < -0.4 is 0 Å². The van der Waals surface area contributed by atoms with E-state index in [0.29, 0.717) is 23.7 Å². The number of nitrogens with zero attached hydrogens (tertiary/aromatic N) is 2. The Balaban J connectivity index is 1.84. The van der Waals surface area contributed by atoms with E-state index in [1.165, 1.54) is 17.7 Å². The number of phenols is 2. The van der Waals surface area contributed by atoms with Crippen molar-refractivity contribution in [1.82, 2.24) is 10.1 Å². The lowest BCUT2D eigenvalue weighted by Crippen LogP contribution is -1.91. The van der Waals surface area contributed by atoms with E-state index in [0.717, 1.165) is 5.56 Å². The molecule has 0 radical (unpaired) electrons. The lowest BCUT2D eigenvalue weighted by atomic mass is 10.1. The van der Waals surface area contributed by atoms with Crippen LogP contribution in [0.2, 0.25) is 0 Å². The van der Waals surface area contributed by atoms with Gasteiger partial charge in [0.15, 0.2) is 17.3 Å². The number of aryl methyl sites for hydroxylation is 1. The van der Waals surface area contributed by atoms with Gasteiger partial charge in [0.05, 0.1) is 0 Å². The summed E-state index contributed by atoms with van der Waals surface area (Å²) in [5, 5.41) is 22.7. The predicted molar refractivity (Wildman–Crippen MR) is 77.0 cm³/mol. The molecule has 5 nitrogen and oxygen atoms in total. The minimum absolute atomic E-state index is 0.182. The number of rotatable bonds is 3. The van der Waals surface area contributed by atoms with Gasteiger partial charge in [-0.05, 0) is 30.7 Å². The highest BCUT2D eigenvalue weighted by Crippen LogP contribution is 2.29. The van der Waals surface area contributed by atoms with E-state index in [1.54, 1.807) is 6.07 Å². The molecule has 0 spiro atoms. The average Bonchev–Trinajstić information content (AvgIpc) is 2.90. The summed E-state index contributed by atoms with van der Waals surface area (Å²) in [6.07, 6.45) is 0.579. The number of hydrogen-bond acceptors (Lipinski definition) is 5. The monoisotopic (exact) mass is 282 g/mol. The Morgan fingerprint density at radius 3 is 2.67 bits per heavy atom. The van der Waals surface area contributed by atoms with Gasteiger partial charge in [-0.3, -0.25) is 0 Å². The molecule has 1 aromatic heterocycles. The summed E-state index contributed by atoms with van der Waals surface area (Å²) in [7, 11) is 0.